The Hall–Kier alpha value is -4.60. The summed E-state index contributed by atoms with van der Waals surface area (Å²) in [5.41, 5.74) is 12.1. The van der Waals surface area contributed by atoms with Crippen molar-refractivity contribution < 1.29 is 38.0 Å². The van der Waals surface area contributed by atoms with Crippen molar-refractivity contribution in [2.75, 3.05) is 39.9 Å². The molecule has 3 rings (SSSR count). The van der Waals surface area contributed by atoms with Crippen LogP contribution in [0.2, 0.25) is 0 Å². The first-order valence-corrected chi connectivity index (χ1v) is 12.8. The minimum atomic E-state index is -1.11. The van der Waals surface area contributed by atoms with Gasteiger partial charge >= 0.3 is 11.9 Å². The van der Waals surface area contributed by atoms with Crippen LogP contribution in [0.15, 0.2) is 42.5 Å². The molecule has 10 nitrogen and oxygen atoms in total. The second-order valence-electron chi connectivity index (χ2n) is 10.4. The maximum absolute atomic E-state index is 13.4. The molecule has 0 unspecified atom stereocenters. The largest absolute Gasteiger partial charge is 0.497 e. The Labute approximate surface area is 240 Å². The molecule has 0 aliphatic heterocycles. The van der Waals surface area contributed by atoms with E-state index in [4.69, 9.17) is 39.9 Å². The Kier molecular flexibility index (Phi) is 8.96. The van der Waals surface area contributed by atoms with E-state index in [1.165, 1.54) is 34.5 Å². The highest BCUT2D eigenvalue weighted by Gasteiger charge is 2.32. The molecular formula is C31H38N2O8. The van der Waals surface area contributed by atoms with Gasteiger partial charge in [-0.15, -0.1) is 0 Å². The molecule has 3 aromatic rings. The zero-order valence-electron chi connectivity index (χ0n) is 25.0. The van der Waals surface area contributed by atoms with E-state index >= 15 is 0 Å². The minimum Gasteiger partial charge on any atom is -0.497 e. The molecule has 0 radical (unpaired) electrons. The zero-order chi connectivity index (χ0) is 30.7. The Bertz CT molecular complexity index is 1420. The molecule has 0 atom stereocenters. The molecule has 0 saturated carbocycles. The quantitative estimate of drug-likeness (QED) is 0.243. The molecule has 4 N–H and O–H groups in total. The first-order valence-electron chi connectivity index (χ1n) is 12.8. The maximum Gasteiger partial charge on any atom is 0.343 e. The van der Waals surface area contributed by atoms with Crippen LogP contribution in [0.3, 0.4) is 0 Å². The van der Waals surface area contributed by atoms with Gasteiger partial charge < -0.3 is 39.9 Å². The highest BCUT2D eigenvalue weighted by atomic mass is 16.6. The predicted molar refractivity (Wildman–Crippen MR) is 156 cm³/mol. The Morgan fingerprint density at radius 1 is 0.610 bits per heavy atom. The fourth-order valence-electron chi connectivity index (χ4n) is 4.26. The molecule has 0 aliphatic rings. The van der Waals surface area contributed by atoms with Crippen LogP contribution in [0.4, 0.5) is 11.4 Å². The summed E-state index contributed by atoms with van der Waals surface area (Å²) < 4.78 is 33.1. The van der Waals surface area contributed by atoms with Crippen LogP contribution < -0.4 is 30.4 Å². The fraction of sp³-hybridized carbons (Fsp3) is 0.355. The molecule has 0 saturated heterocycles. The standard InChI is InChI=1S/C31H38N2O8/c1-17-24(28(34)40-30(2,3)18-10-20(36-6)14-21(11-18)37-7)16-25(32)26(27(17)33)29(35)41-31(4,5)19-12-22(38-8)15-23(13-19)39-9/h10-16H,32-33H2,1-9H3. The zero-order valence-corrected chi connectivity index (χ0v) is 25.0. The first-order chi connectivity index (χ1) is 19.2. The highest BCUT2D eigenvalue weighted by molar-refractivity contribution is 6.05. The van der Waals surface area contributed by atoms with Crippen molar-refractivity contribution in [3.8, 4) is 23.0 Å². The summed E-state index contributed by atoms with van der Waals surface area (Å²) >= 11 is 0. The third-order valence-corrected chi connectivity index (χ3v) is 6.88. The Balaban J connectivity index is 1.91. The van der Waals surface area contributed by atoms with Crippen molar-refractivity contribution in [3.05, 3.63) is 70.3 Å². The molecule has 3 aromatic carbocycles. The van der Waals surface area contributed by atoms with E-state index in [-0.39, 0.29) is 22.5 Å². The summed E-state index contributed by atoms with van der Waals surface area (Å²) in [6.07, 6.45) is 0. The van der Waals surface area contributed by atoms with Crippen LogP contribution in [0.1, 0.15) is 65.1 Å². The molecule has 0 fully saturated rings. The van der Waals surface area contributed by atoms with Gasteiger partial charge in [0.05, 0.1) is 39.7 Å². The Morgan fingerprint density at radius 3 is 1.34 bits per heavy atom. The number of hydrogen-bond acceptors (Lipinski definition) is 10. The van der Waals surface area contributed by atoms with E-state index in [0.717, 1.165) is 0 Å². The van der Waals surface area contributed by atoms with Crippen molar-refractivity contribution in [1.29, 1.82) is 0 Å². The van der Waals surface area contributed by atoms with Gasteiger partial charge in [-0.1, -0.05) is 0 Å². The van der Waals surface area contributed by atoms with Crippen LogP contribution in [-0.2, 0) is 20.7 Å². The number of carbonyl (C=O) groups is 2. The summed E-state index contributed by atoms with van der Waals surface area (Å²) in [4.78, 5) is 26.7. The highest BCUT2D eigenvalue weighted by Crippen LogP contribution is 2.37. The van der Waals surface area contributed by atoms with Crippen LogP contribution in [-0.4, -0.2) is 40.4 Å². The number of esters is 2. The lowest BCUT2D eigenvalue weighted by atomic mass is 9.95. The van der Waals surface area contributed by atoms with Gasteiger partial charge in [0.15, 0.2) is 0 Å². The number of rotatable bonds is 10. The second kappa shape index (κ2) is 11.9. The van der Waals surface area contributed by atoms with Gasteiger partial charge in [-0.2, -0.15) is 0 Å². The van der Waals surface area contributed by atoms with E-state index in [2.05, 4.69) is 0 Å². The summed E-state index contributed by atoms with van der Waals surface area (Å²) in [5.74, 6) is 0.751. The normalized spacial score (nSPS) is 11.4. The molecule has 0 spiro atoms. The number of nitrogen functional groups attached to an aromatic ring is 2. The Morgan fingerprint density at radius 2 is 0.976 bits per heavy atom. The van der Waals surface area contributed by atoms with Gasteiger partial charge in [0.2, 0.25) is 0 Å². The van der Waals surface area contributed by atoms with Crippen molar-refractivity contribution in [3.63, 3.8) is 0 Å². The van der Waals surface area contributed by atoms with E-state index in [1.807, 2.05) is 0 Å². The number of hydrogen-bond donors (Lipinski definition) is 2. The second-order valence-corrected chi connectivity index (χ2v) is 10.4. The van der Waals surface area contributed by atoms with Crippen molar-refractivity contribution in [2.45, 2.75) is 45.8 Å². The molecule has 0 aliphatic carbocycles. The van der Waals surface area contributed by atoms with Gasteiger partial charge in [-0.25, -0.2) is 9.59 Å². The number of nitrogens with two attached hydrogens (primary N) is 2. The van der Waals surface area contributed by atoms with Crippen LogP contribution in [0, 0.1) is 6.92 Å². The average Bonchev–Trinajstić information content (AvgIpc) is 2.93. The SMILES string of the molecule is COc1cc(OC)cc(C(C)(C)OC(=O)c2cc(N)c(C(=O)OC(C)(C)c3cc(OC)cc(OC)c3)c(N)c2C)c1. The summed E-state index contributed by atoms with van der Waals surface area (Å²) in [6, 6.07) is 11.8. The van der Waals surface area contributed by atoms with E-state index in [0.29, 0.717) is 39.7 Å². The molecule has 0 bridgehead atoms. The summed E-state index contributed by atoms with van der Waals surface area (Å²) in [7, 11) is 6.13. The third kappa shape index (κ3) is 6.59. The van der Waals surface area contributed by atoms with Crippen LogP contribution in [0.25, 0.3) is 0 Å². The summed E-state index contributed by atoms with van der Waals surface area (Å²) in [6.45, 7) is 8.53. The van der Waals surface area contributed by atoms with Gasteiger partial charge in [0.25, 0.3) is 0 Å². The number of carbonyl (C=O) groups excluding carboxylic acids is 2. The number of benzene rings is 3. The minimum absolute atomic E-state index is 0.0156. The maximum atomic E-state index is 13.4. The number of ether oxygens (including phenoxy) is 6. The first kappa shape index (κ1) is 30.9. The molecule has 220 valence electrons. The van der Waals surface area contributed by atoms with Crippen molar-refractivity contribution in [2.24, 2.45) is 0 Å². The van der Waals surface area contributed by atoms with Crippen LogP contribution in [0.5, 0.6) is 23.0 Å². The number of methoxy groups -OCH3 is 4. The smallest absolute Gasteiger partial charge is 0.343 e. The fourth-order valence-corrected chi connectivity index (χ4v) is 4.26. The van der Waals surface area contributed by atoms with Crippen molar-refractivity contribution in [1.82, 2.24) is 0 Å². The summed E-state index contributed by atoms with van der Waals surface area (Å²) in [5, 5.41) is 0. The van der Waals surface area contributed by atoms with Gasteiger partial charge in [0, 0.05) is 28.9 Å². The predicted octanol–water partition coefficient (Wildman–Crippen LogP) is 5.38. The molecule has 0 amide bonds. The van der Waals surface area contributed by atoms with Gasteiger partial charge in [-0.3, -0.25) is 0 Å². The van der Waals surface area contributed by atoms with Gasteiger partial charge in [-0.05, 0) is 70.5 Å². The lowest BCUT2D eigenvalue weighted by Gasteiger charge is -2.28. The third-order valence-electron chi connectivity index (χ3n) is 6.88. The number of anilines is 2. The lowest BCUT2D eigenvalue weighted by Crippen LogP contribution is -2.28. The monoisotopic (exact) mass is 566 g/mol. The molecule has 41 heavy (non-hydrogen) atoms. The van der Waals surface area contributed by atoms with E-state index < -0.39 is 23.1 Å². The van der Waals surface area contributed by atoms with E-state index in [9.17, 15) is 9.59 Å². The van der Waals surface area contributed by atoms with Gasteiger partial charge in [0.1, 0.15) is 39.8 Å². The van der Waals surface area contributed by atoms with Crippen molar-refractivity contribution >= 4 is 23.3 Å². The van der Waals surface area contributed by atoms with E-state index in [1.54, 1.807) is 71.0 Å². The molecule has 10 heteroatoms. The van der Waals surface area contributed by atoms with Crippen LogP contribution >= 0.6 is 0 Å². The molecule has 0 heterocycles. The molecule has 0 aromatic heterocycles. The lowest BCUT2D eigenvalue weighted by molar-refractivity contribution is -0.00474. The average molecular weight is 567 g/mol. The topological polar surface area (TPSA) is 142 Å². The molecular weight excluding hydrogens is 528 g/mol.